The molecule has 0 radical (unpaired) electrons. The molecule has 2 aromatic rings. The first-order valence-corrected chi connectivity index (χ1v) is 7.31. The molecule has 0 saturated heterocycles. The summed E-state index contributed by atoms with van der Waals surface area (Å²) in [6.07, 6.45) is 0.869. The van der Waals surface area contributed by atoms with Crippen LogP contribution in [0.2, 0.25) is 0 Å². The second kappa shape index (κ2) is 8.20. The van der Waals surface area contributed by atoms with Gasteiger partial charge in [0.25, 0.3) is 0 Å². The summed E-state index contributed by atoms with van der Waals surface area (Å²) in [7, 11) is 3.76. The molecule has 0 spiro atoms. The Morgan fingerprint density at radius 3 is 2.64 bits per heavy atom. The summed E-state index contributed by atoms with van der Waals surface area (Å²) in [5.41, 5.74) is 4.01. The smallest absolute Gasteiger partial charge is 0.150 e. The zero-order chi connectivity index (χ0) is 15.8. The van der Waals surface area contributed by atoms with Crippen molar-refractivity contribution in [2.24, 2.45) is 0 Å². The van der Waals surface area contributed by atoms with E-state index < -0.39 is 0 Å². The van der Waals surface area contributed by atoms with Crippen LogP contribution in [0, 0.1) is 0 Å². The van der Waals surface area contributed by atoms with Gasteiger partial charge in [0.15, 0.2) is 0 Å². The predicted octanol–water partition coefficient (Wildman–Crippen LogP) is 3.19. The van der Waals surface area contributed by atoms with Gasteiger partial charge in [0.05, 0.1) is 6.61 Å². The summed E-state index contributed by atoms with van der Waals surface area (Å²) < 4.78 is 5.09. The highest BCUT2D eigenvalue weighted by Crippen LogP contribution is 2.17. The van der Waals surface area contributed by atoms with Gasteiger partial charge in [-0.2, -0.15) is 0 Å². The van der Waals surface area contributed by atoms with E-state index in [0.717, 1.165) is 29.8 Å². The van der Waals surface area contributed by atoms with Gasteiger partial charge >= 0.3 is 0 Å². The van der Waals surface area contributed by atoms with Crippen molar-refractivity contribution in [1.29, 1.82) is 0 Å². The van der Waals surface area contributed by atoms with Crippen molar-refractivity contribution in [3.63, 3.8) is 0 Å². The Kier molecular flexibility index (Phi) is 5.98. The zero-order valence-electron chi connectivity index (χ0n) is 13.1. The molecule has 22 heavy (non-hydrogen) atoms. The third kappa shape index (κ3) is 4.60. The number of aldehydes is 1. The molecule has 0 unspecified atom stereocenters. The van der Waals surface area contributed by atoms with E-state index in [1.54, 1.807) is 13.2 Å². The van der Waals surface area contributed by atoms with E-state index in [1.807, 2.05) is 25.2 Å². The Balaban J connectivity index is 1.92. The third-order valence-corrected chi connectivity index (χ3v) is 3.52. The van der Waals surface area contributed by atoms with Gasteiger partial charge in [-0.05, 0) is 35.9 Å². The van der Waals surface area contributed by atoms with E-state index in [1.165, 1.54) is 0 Å². The fourth-order valence-electron chi connectivity index (χ4n) is 2.17. The highest BCUT2D eigenvalue weighted by molar-refractivity contribution is 5.75. The number of carbonyl (C=O) groups excluding carboxylic acids is 1. The number of rotatable bonds is 8. The molecule has 0 aliphatic carbocycles. The number of anilines is 2. The largest absolute Gasteiger partial charge is 0.383 e. The van der Waals surface area contributed by atoms with Crippen molar-refractivity contribution in [2.75, 3.05) is 37.5 Å². The highest BCUT2D eigenvalue weighted by Gasteiger charge is 2.01. The second-order valence-corrected chi connectivity index (χ2v) is 5.18. The summed E-state index contributed by atoms with van der Waals surface area (Å²) in [6, 6.07) is 15.9. The van der Waals surface area contributed by atoms with Gasteiger partial charge in [0.1, 0.15) is 6.29 Å². The molecule has 0 aliphatic heterocycles. The summed E-state index contributed by atoms with van der Waals surface area (Å²) in [6.45, 7) is 2.27. The number of ether oxygens (including phenoxy) is 1. The highest BCUT2D eigenvalue weighted by atomic mass is 16.5. The van der Waals surface area contributed by atoms with Crippen LogP contribution in [0.15, 0.2) is 48.5 Å². The molecule has 0 fully saturated rings. The molecule has 4 heteroatoms. The molecule has 0 amide bonds. The SMILES string of the molecule is COCCN(C)c1ccc(NCc2cccc(C=O)c2)cc1. The van der Waals surface area contributed by atoms with E-state index >= 15 is 0 Å². The van der Waals surface area contributed by atoms with E-state index in [2.05, 4.69) is 34.5 Å². The first-order valence-electron chi connectivity index (χ1n) is 7.31. The van der Waals surface area contributed by atoms with E-state index in [-0.39, 0.29) is 0 Å². The number of hydrogen-bond acceptors (Lipinski definition) is 4. The van der Waals surface area contributed by atoms with Gasteiger partial charge in [-0.1, -0.05) is 18.2 Å². The Labute approximate surface area is 131 Å². The summed E-state index contributed by atoms with van der Waals surface area (Å²) in [5, 5.41) is 3.36. The number of likely N-dealkylation sites (N-methyl/N-ethyl adjacent to an activating group) is 1. The molecule has 1 N–H and O–H groups in total. The lowest BCUT2D eigenvalue weighted by Crippen LogP contribution is -2.21. The summed E-state index contributed by atoms with van der Waals surface area (Å²) >= 11 is 0. The van der Waals surface area contributed by atoms with Crippen LogP contribution < -0.4 is 10.2 Å². The van der Waals surface area contributed by atoms with Crippen LogP contribution in [0.1, 0.15) is 15.9 Å². The molecule has 0 aromatic heterocycles. The first kappa shape index (κ1) is 16.0. The van der Waals surface area contributed by atoms with Gasteiger partial charge < -0.3 is 15.0 Å². The molecule has 4 nitrogen and oxygen atoms in total. The van der Waals surface area contributed by atoms with Crippen LogP contribution in [-0.2, 0) is 11.3 Å². The lowest BCUT2D eigenvalue weighted by Gasteiger charge is -2.19. The van der Waals surface area contributed by atoms with Crippen LogP contribution >= 0.6 is 0 Å². The lowest BCUT2D eigenvalue weighted by molar-refractivity contribution is 0.112. The maximum Gasteiger partial charge on any atom is 0.150 e. The van der Waals surface area contributed by atoms with Crippen LogP contribution in [0.3, 0.4) is 0 Å². The van der Waals surface area contributed by atoms with E-state index in [9.17, 15) is 4.79 Å². The monoisotopic (exact) mass is 298 g/mol. The molecular formula is C18H22N2O2. The summed E-state index contributed by atoms with van der Waals surface area (Å²) in [5.74, 6) is 0. The first-order chi connectivity index (χ1) is 10.7. The van der Waals surface area contributed by atoms with Gasteiger partial charge in [-0.15, -0.1) is 0 Å². The normalized spacial score (nSPS) is 10.3. The van der Waals surface area contributed by atoms with Crippen molar-refractivity contribution in [2.45, 2.75) is 6.54 Å². The molecule has 0 bridgehead atoms. The average molecular weight is 298 g/mol. The van der Waals surface area contributed by atoms with E-state index in [0.29, 0.717) is 18.7 Å². The number of nitrogens with zero attached hydrogens (tertiary/aromatic N) is 1. The fraction of sp³-hybridized carbons (Fsp3) is 0.278. The lowest BCUT2D eigenvalue weighted by atomic mass is 10.1. The van der Waals surface area contributed by atoms with Gasteiger partial charge in [-0.3, -0.25) is 4.79 Å². The number of benzene rings is 2. The molecule has 2 rings (SSSR count). The van der Waals surface area contributed by atoms with Crippen LogP contribution in [-0.4, -0.2) is 33.6 Å². The molecule has 0 heterocycles. The van der Waals surface area contributed by atoms with Gasteiger partial charge in [0.2, 0.25) is 0 Å². The van der Waals surface area contributed by atoms with E-state index in [4.69, 9.17) is 4.74 Å². The average Bonchev–Trinajstić information content (AvgIpc) is 2.58. The number of methoxy groups -OCH3 is 1. The molecule has 116 valence electrons. The molecule has 0 atom stereocenters. The number of carbonyl (C=O) groups is 1. The second-order valence-electron chi connectivity index (χ2n) is 5.18. The van der Waals surface area contributed by atoms with Gasteiger partial charge in [-0.25, -0.2) is 0 Å². The van der Waals surface area contributed by atoms with Crippen LogP contribution in [0.25, 0.3) is 0 Å². The quantitative estimate of drug-likeness (QED) is 0.760. The Morgan fingerprint density at radius 1 is 1.18 bits per heavy atom. The van der Waals surface area contributed by atoms with Gasteiger partial charge in [0, 0.05) is 44.2 Å². The minimum atomic E-state index is 0.695. The predicted molar refractivity (Wildman–Crippen MR) is 90.7 cm³/mol. The summed E-state index contributed by atoms with van der Waals surface area (Å²) in [4.78, 5) is 12.9. The van der Waals surface area contributed by atoms with Crippen LogP contribution in [0.5, 0.6) is 0 Å². The van der Waals surface area contributed by atoms with Crippen LogP contribution in [0.4, 0.5) is 11.4 Å². The topological polar surface area (TPSA) is 41.6 Å². The fourth-order valence-corrected chi connectivity index (χ4v) is 2.17. The van der Waals surface area contributed by atoms with Crippen molar-refractivity contribution in [1.82, 2.24) is 0 Å². The van der Waals surface area contributed by atoms with Crippen molar-refractivity contribution >= 4 is 17.7 Å². The molecule has 0 aliphatic rings. The Bertz CT molecular complexity index is 596. The zero-order valence-corrected chi connectivity index (χ0v) is 13.1. The van der Waals surface area contributed by atoms with Crippen molar-refractivity contribution in [3.05, 3.63) is 59.7 Å². The Hall–Kier alpha value is -2.33. The van der Waals surface area contributed by atoms with Crippen molar-refractivity contribution in [3.8, 4) is 0 Å². The van der Waals surface area contributed by atoms with Crippen molar-refractivity contribution < 1.29 is 9.53 Å². The molecule has 0 saturated carbocycles. The number of hydrogen-bond donors (Lipinski definition) is 1. The number of nitrogens with one attached hydrogen (secondary N) is 1. The minimum Gasteiger partial charge on any atom is -0.383 e. The minimum absolute atomic E-state index is 0.695. The standard InChI is InChI=1S/C18H22N2O2/c1-20(10-11-22-2)18-8-6-17(7-9-18)19-13-15-4-3-5-16(12-15)14-21/h3-9,12,14,19H,10-11,13H2,1-2H3. The molecule has 2 aromatic carbocycles. The maximum absolute atomic E-state index is 10.8. The third-order valence-electron chi connectivity index (χ3n) is 3.52. The molecular weight excluding hydrogens is 276 g/mol. The Morgan fingerprint density at radius 2 is 1.95 bits per heavy atom. The maximum atomic E-state index is 10.8.